The zero-order valence-electron chi connectivity index (χ0n) is 26.5. The average Bonchev–Trinajstić information content (AvgIpc) is 3.56. The van der Waals surface area contributed by atoms with Gasteiger partial charge < -0.3 is 0 Å². The largest absolute Gasteiger partial charge is 0.252 e. The van der Waals surface area contributed by atoms with Crippen molar-refractivity contribution in [3.8, 4) is 44.6 Å². The van der Waals surface area contributed by atoms with E-state index in [9.17, 15) is 0 Å². The highest BCUT2D eigenvalue weighted by Crippen LogP contribution is 2.46. The second-order valence-electron chi connectivity index (χ2n) is 12.5. The second kappa shape index (κ2) is 11.2. The zero-order chi connectivity index (χ0) is 32.3. The molecule has 0 fully saturated rings. The predicted molar refractivity (Wildman–Crippen MR) is 209 cm³/mol. The molecule has 0 radical (unpaired) electrons. The van der Waals surface area contributed by atoms with E-state index >= 15 is 0 Å². The fourth-order valence-corrected chi connectivity index (χ4v) is 8.57. The fraction of sp³-hybridized carbons (Fsp3) is 0. The van der Waals surface area contributed by atoms with Crippen LogP contribution in [-0.4, -0.2) is 9.97 Å². The maximum absolute atomic E-state index is 5.40. The summed E-state index contributed by atoms with van der Waals surface area (Å²) in [4.78, 5) is 10.5. The quantitative estimate of drug-likeness (QED) is 0.179. The van der Waals surface area contributed by atoms with Gasteiger partial charge in [-0.3, -0.25) is 4.98 Å². The lowest BCUT2D eigenvalue weighted by atomic mass is 9.92. The van der Waals surface area contributed by atoms with Crippen molar-refractivity contribution >= 4 is 64.1 Å². The molecule has 0 bridgehead atoms. The summed E-state index contributed by atoms with van der Waals surface area (Å²) < 4.78 is 2.56. The molecule has 0 unspecified atom stereocenters. The van der Waals surface area contributed by atoms with Crippen LogP contribution < -0.4 is 0 Å². The Bertz CT molecular complexity index is 2840. The van der Waals surface area contributed by atoms with Crippen LogP contribution in [0, 0.1) is 0 Å². The highest BCUT2D eigenvalue weighted by Gasteiger charge is 2.19. The Kier molecular flexibility index (Phi) is 6.39. The van der Waals surface area contributed by atoms with E-state index in [1.807, 2.05) is 17.5 Å². The lowest BCUT2D eigenvalue weighted by Crippen LogP contribution is -1.94. The normalized spacial score (nSPS) is 11.7. The van der Waals surface area contributed by atoms with Crippen molar-refractivity contribution < 1.29 is 0 Å². The first-order valence-electron chi connectivity index (χ1n) is 16.6. The van der Waals surface area contributed by atoms with E-state index in [4.69, 9.17) is 9.97 Å². The molecule has 49 heavy (non-hydrogen) atoms. The molecule has 2 heterocycles. The second-order valence-corrected chi connectivity index (χ2v) is 13.6. The van der Waals surface area contributed by atoms with Gasteiger partial charge in [0, 0.05) is 42.1 Å². The van der Waals surface area contributed by atoms with Crippen molar-refractivity contribution in [2.75, 3.05) is 0 Å². The van der Waals surface area contributed by atoms with Gasteiger partial charge in [-0.05, 0) is 62.9 Å². The summed E-state index contributed by atoms with van der Waals surface area (Å²) in [6.07, 6.45) is 1.96. The molecule has 10 aromatic rings. The predicted octanol–water partition coefficient (Wildman–Crippen LogP) is 13.0. The highest BCUT2D eigenvalue weighted by molar-refractivity contribution is 7.26. The van der Waals surface area contributed by atoms with Crippen LogP contribution >= 0.6 is 11.3 Å². The van der Waals surface area contributed by atoms with Gasteiger partial charge in [0.2, 0.25) is 0 Å². The molecule has 0 amide bonds. The van der Waals surface area contributed by atoms with Crippen LogP contribution in [0.3, 0.4) is 0 Å². The van der Waals surface area contributed by atoms with Gasteiger partial charge in [0.05, 0.1) is 22.9 Å². The Labute approximate surface area is 287 Å². The molecule has 8 aromatic carbocycles. The molecule has 0 aliphatic rings. The van der Waals surface area contributed by atoms with E-state index in [0.717, 1.165) is 38.6 Å². The van der Waals surface area contributed by atoms with Crippen LogP contribution in [0.25, 0.3) is 97.4 Å². The Balaban J connectivity index is 1.24. The molecule has 2 nitrogen and oxygen atoms in total. The Morgan fingerprint density at radius 3 is 1.65 bits per heavy atom. The zero-order valence-corrected chi connectivity index (χ0v) is 27.3. The average molecular weight is 641 g/mol. The standard InChI is InChI=1S/C46H28N2S/c1-3-13-29(14-4-1)31-23-24-43-39(25-31)41-27-32(30-15-5-2-6-16-30)26-40(46(41)49-43)35-19-7-10-20-36(35)42-28-47-44-37-21-11-8-17-33(37)34-18-9-12-22-38(34)45(44)48-42/h1-28H. The van der Waals surface area contributed by atoms with Gasteiger partial charge in [0.25, 0.3) is 0 Å². The van der Waals surface area contributed by atoms with Gasteiger partial charge in [0.1, 0.15) is 0 Å². The molecule has 2 aromatic heterocycles. The van der Waals surface area contributed by atoms with Crippen molar-refractivity contribution in [1.82, 2.24) is 9.97 Å². The van der Waals surface area contributed by atoms with E-state index in [0.29, 0.717) is 0 Å². The Morgan fingerprint density at radius 1 is 0.367 bits per heavy atom. The van der Waals surface area contributed by atoms with E-state index < -0.39 is 0 Å². The lowest BCUT2D eigenvalue weighted by Gasteiger charge is -2.14. The van der Waals surface area contributed by atoms with Crippen LogP contribution in [0.5, 0.6) is 0 Å². The molecule has 0 aliphatic heterocycles. The minimum absolute atomic E-state index is 0.870. The van der Waals surface area contributed by atoms with Gasteiger partial charge in [0.15, 0.2) is 0 Å². The molecule has 0 N–H and O–H groups in total. The molecule has 0 saturated heterocycles. The van der Waals surface area contributed by atoms with Crippen LogP contribution in [0.4, 0.5) is 0 Å². The maximum atomic E-state index is 5.40. The number of fused-ring (bicyclic) bond motifs is 9. The van der Waals surface area contributed by atoms with Gasteiger partial charge >= 0.3 is 0 Å². The van der Waals surface area contributed by atoms with Crippen LogP contribution in [-0.2, 0) is 0 Å². The van der Waals surface area contributed by atoms with Crippen molar-refractivity contribution in [1.29, 1.82) is 0 Å². The SMILES string of the molecule is c1ccc(-c2ccc3sc4c(-c5ccccc5-c5cnc6c7ccccc7c7ccccc7c6n5)cc(-c5ccccc5)cc4c3c2)cc1. The monoisotopic (exact) mass is 640 g/mol. The summed E-state index contributed by atoms with van der Waals surface area (Å²) in [6.45, 7) is 0. The number of benzene rings is 8. The van der Waals surface area contributed by atoms with Crippen molar-refractivity contribution in [2.24, 2.45) is 0 Å². The first-order chi connectivity index (χ1) is 24.3. The van der Waals surface area contributed by atoms with Crippen molar-refractivity contribution in [3.05, 3.63) is 170 Å². The topological polar surface area (TPSA) is 25.8 Å². The van der Waals surface area contributed by atoms with E-state index in [1.54, 1.807) is 0 Å². The minimum atomic E-state index is 0.870. The smallest absolute Gasteiger partial charge is 0.0979 e. The van der Waals surface area contributed by atoms with E-state index in [-0.39, 0.29) is 0 Å². The summed E-state index contributed by atoms with van der Waals surface area (Å²) in [5, 5.41) is 7.19. The summed E-state index contributed by atoms with van der Waals surface area (Å²) in [5.74, 6) is 0. The molecule has 0 atom stereocenters. The molecule has 0 aliphatic carbocycles. The van der Waals surface area contributed by atoms with Crippen LogP contribution in [0.2, 0.25) is 0 Å². The first-order valence-corrected chi connectivity index (χ1v) is 17.4. The molecule has 10 rings (SSSR count). The Hall–Kier alpha value is -6.16. The van der Waals surface area contributed by atoms with Crippen molar-refractivity contribution in [3.63, 3.8) is 0 Å². The van der Waals surface area contributed by atoms with E-state index in [2.05, 4.69) is 164 Å². The number of hydrogen-bond acceptors (Lipinski definition) is 3. The van der Waals surface area contributed by atoms with Gasteiger partial charge in [-0.25, -0.2) is 4.98 Å². The fourth-order valence-electron chi connectivity index (χ4n) is 7.38. The van der Waals surface area contributed by atoms with Crippen LogP contribution in [0.15, 0.2) is 170 Å². The first kappa shape index (κ1) is 27.9. The molecule has 3 heteroatoms. The molecular formula is C46H28N2S. The summed E-state index contributed by atoms with van der Waals surface area (Å²) in [5.41, 5.74) is 11.0. The number of aromatic nitrogens is 2. The molecule has 228 valence electrons. The number of thiophene rings is 1. The van der Waals surface area contributed by atoms with Gasteiger partial charge in [-0.2, -0.15) is 0 Å². The Morgan fingerprint density at radius 2 is 0.939 bits per heavy atom. The third-order valence-corrected chi connectivity index (χ3v) is 10.9. The van der Waals surface area contributed by atoms with Gasteiger partial charge in [-0.1, -0.05) is 140 Å². The summed E-state index contributed by atoms with van der Waals surface area (Å²) in [7, 11) is 0. The third kappa shape index (κ3) is 4.55. The van der Waals surface area contributed by atoms with Crippen LogP contribution in [0.1, 0.15) is 0 Å². The molecule has 0 saturated carbocycles. The number of rotatable bonds is 4. The lowest BCUT2D eigenvalue weighted by molar-refractivity contribution is 1.31. The number of nitrogens with zero attached hydrogens (tertiary/aromatic N) is 2. The maximum Gasteiger partial charge on any atom is 0.0979 e. The highest BCUT2D eigenvalue weighted by atomic mass is 32.1. The van der Waals surface area contributed by atoms with Crippen molar-refractivity contribution in [2.45, 2.75) is 0 Å². The minimum Gasteiger partial charge on any atom is -0.252 e. The molecule has 0 spiro atoms. The summed E-state index contributed by atoms with van der Waals surface area (Å²) >= 11 is 1.86. The van der Waals surface area contributed by atoms with E-state index in [1.165, 1.54) is 58.8 Å². The van der Waals surface area contributed by atoms with Gasteiger partial charge in [-0.15, -0.1) is 11.3 Å². The third-order valence-electron chi connectivity index (χ3n) is 9.71. The summed E-state index contributed by atoms with van der Waals surface area (Å²) in [6, 6.07) is 58.7. The number of hydrogen-bond donors (Lipinski definition) is 0. The molecular weight excluding hydrogens is 613 g/mol.